The Morgan fingerprint density at radius 1 is 1.13 bits per heavy atom. The molecule has 0 saturated carbocycles. The van der Waals surface area contributed by atoms with Gasteiger partial charge in [-0.3, -0.25) is 0 Å². The molecule has 0 aliphatic carbocycles. The molecule has 1 aromatic heterocycles. The van der Waals surface area contributed by atoms with Crippen LogP contribution in [0.1, 0.15) is 35.3 Å². The molecule has 0 atom stereocenters. The molecule has 0 bridgehead atoms. The summed E-state index contributed by atoms with van der Waals surface area (Å²) >= 11 is 0. The first-order chi connectivity index (χ1) is 10.9. The number of aromatic carboxylic acids is 1. The Hall–Kier alpha value is -2.31. The molecule has 0 radical (unpaired) electrons. The number of piperidine rings is 1. The second-order valence-corrected chi connectivity index (χ2v) is 5.61. The SMILES string of the molecule is O=C(O)c1ccc2nc(C(F)(F)F)cc(N3CCCCC3)c2c1. The van der Waals surface area contributed by atoms with E-state index in [2.05, 4.69) is 4.98 Å². The maximum Gasteiger partial charge on any atom is 0.433 e. The van der Waals surface area contributed by atoms with Crippen LogP contribution in [-0.2, 0) is 6.18 Å². The van der Waals surface area contributed by atoms with Gasteiger partial charge in [-0.1, -0.05) is 0 Å². The minimum atomic E-state index is -4.54. The zero-order valence-corrected chi connectivity index (χ0v) is 12.2. The van der Waals surface area contributed by atoms with Gasteiger partial charge in [-0.25, -0.2) is 9.78 Å². The molecule has 2 aromatic rings. The van der Waals surface area contributed by atoms with Gasteiger partial charge in [-0.05, 0) is 43.5 Å². The van der Waals surface area contributed by atoms with E-state index < -0.39 is 17.8 Å². The Bertz CT molecular complexity index is 753. The zero-order valence-electron chi connectivity index (χ0n) is 12.2. The molecule has 0 spiro atoms. The monoisotopic (exact) mass is 324 g/mol. The molecular formula is C16H15F3N2O2. The first-order valence-electron chi connectivity index (χ1n) is 7.36. The van der Waals surface area contributed by atoms with Crippen LogP contribution in [-0.4, -0.2) is 29.1 Å². The number of halogens is 3. The highest BCUT2D eigenvalue weighted by molar-refractivity contribution is 5.98. The number of carboxylic acids is 1. The number of anilines is 1. The van der Waals surface area contributed by atoms with Crippen molar-refractivity contribution in [2.24, 2.45) is 0 Å². The molecule has 7 heteroatoms. The quantitative estimate of drug-likeness (QED) is 0.909. The molecular weight excluding hydrogens is 309 g/mol. The van der Waals surface area contributed by atoms with E-state index in [1.807, 2.05) is 4.90 Å². The molecule has 1 fully saturated rings. The molecule has 0 amide bonds. The summed E-state index contributed by atoms with van der Waals surface area (Å²) in [6.45, 7) is 1.32. The summed E-state index contributed by atoms with van der Waals surface area (Å²) in [4.78, 5) is 16.7. The van der Waals surface area contributed by atoms with Crippen LogP contribution < -0.4 is 4.90 Å². The van der Waals surface area contributed by atoms with Crippen molar-refractivity contribution in [3.8, 4) is 0 Å². The number of alkyl halides is 3. The normalized spacial score (nSPS) is 15.9. The molecule has 1 aromatic carbocycles. The Morgan fingerprint density at radius 2 is 1.83 bits per heavy atom. The van der Waals surface area contributed by atoms with Crippen LogP contribution in [0.2, 0.25) is 0 Å². The van der Waals surface area contributed by atoms with E-state index in [1.165, 1.54) is 18.2 Å². The predicted molar refractivity (Wildman–Crippen MR) is 79.8 cm³/mol. The second kappa shape index (κ2) is 5.72. The van der Waals surface area contributed by atoms with Gasteiger partial charge in [0.15, 0.2) is 0 Å². The van der Waals surface area contributed by atoms with Gasteiger partial charge in [0.05, 0.1) is 11.1 Å². The number of rotatable bonds is 2. The van der Waals surface area contributed by atoms with Gasteiger partial charge in [-0.15, -0.1) is 0 Å². The van der Waals surface area contributed by atoms with Crippen LogP contribution in [0.3, 0.4) is 0 Å². The van der Waals surface area contributed by atoms with Gasteiger partial charge in [-0.2, -0.15) is 13.2 Å². The minimum absolute atomic E-state index is 0.0392. The summed E-state index contributed by atoms with van der Waals surface area (Å²) in [5.74, 6) is -1.11. The van der Waals surface area contributed by atoms with Crippen molar-refractivity contribution in [3.63, 3.8) is 0 Å². The molecule has 1 saturated heterocycles. The van der Waals surface area contributed by atoms with Crippen molar-refractivity contribution < 1.29 is 23.1 Å². The second-order valence-electron chi connectivity index (χ2n) is 5.61. The van der Waals surface area contributed by atoms with Crippen molar-refractivity contribution in [2.75, 3.05) is 18.0 Å². The molecule has 1 aliphatic heterocycles. The molecule has 2 heterocycles. The number of benzene rings is 1. The van der Waals surface area contributed by atoms with Gasteiger partial charge in [0, 0.05) is 24.2 Å². The molecule has 4 nitrogen and oxygen atoms in total. The Balaban J connectivity index is 2.22. The first kappa shape index (κ1) is 15.6. The highest BCUT2D eigenvalue weighted by atomic mass is 19.4. The number of fused-ring (bicyclic) bond motifs is 1. The number of nitrogens with zero attached hydrogens (tertiary/aromatic N) is 2. The van der Waals surface area contributed by atoms with Gasteiger partial charge in [0.2, 0.25) is 0 Å². The fourth-order valence-corrected chi connectivity index (χ4v) is 2.88. The van der Waals surface area contributed by atoms with Crippen molar-refractivity contribution in [3.05, 3.63) is 35.5 Å². The van der Waals surface area contributed by atoms with E-state index in [1.54, 1.807) is 0 Å². The van der Waals surface area contributed by atoms with E-state index in [9.17, 15) is 18.0 Å². The van der Waals surface area contributed by atoms with Crippen molar-refractivity contribution in [1.29, 1.82) is 0 Å². The maximum atomic E-state index is 13.1. The lowest BCUT2D eigenvalue weighted by Crippen LogP contribution is -2.30. The van der Waals surface area contributed by atoms with Crippen LogP contribution in [0.5, 0.6) is 0 Å². The summed E-state index contributed by atoms with van der Waals surface area (Å²) in [5, 5.41) is 9.56. The number of hydrogen-bond acceptors (Lipinski definition) is 3. The van der Waals surface area contributed by atoms with Crippen molar-refractivity contribution in [2.45, 2.75) is 25.4 Å². The predicted octanol–water partition coefficient (Wildman–Crippen LogP) is 3.94. The summed E-state index contributed by atoms with van der Waals surface area (Å²) in [6, 6.07) is 5.04. The van der Waals surface area contributed by atoms with Crippen LogP contribution in [0.4, 0.5) is 18.9 Å². The summed E-state index contributed by atoms with van der Waals surface area (Å²) < 4.78 is 39.3. The summed E-state index contributed by atoms with van der Waals surface area (Å²) in [6.07, 6.45) is -1.68. The topological polar surface area (TPSA) is 53.4 Å². The van der Waals surface area contributed by atoms with Crippen molar-refractivity contribution >= 4 is 22.6 Å². The van der Waals surface area contributed by atoms with Crippen molar-refractivity contribution in [1.82, 2.24) is 4.98 Å². The lowest BCUT2D eigenvalue weighted by atomic mass is 10.0. The van der Waals surface area contributed by atoms with Gasteiger partial charge in [0.25, 0.3) is 0 Å². The Kier molecular flexibility index (Phi) is 3.87. The number of aromatic nitrogens is 1. The smallest absolute Gasteiger partial charge is 0.433 e. The maximum absolute atomic E-state index is 13.1. The number of pyridine rings is 1. The molecule has 122 valence electrons. The molecule has 0 unspecified atom stereocenters. The average molecular weight is 324 g/mol. The minimum Gasteiger partial charge on any atom is -0.478 e. The van der Waals surface area contributed by atoms with E-state index in [0.717, 1.165) is 25.3 Å². The largest absolute Gasteiger partial charge is 0.478 e. The van der Waals surface area contributed by atoms with Gasteiger partial charge in [0.1, 0.15) is 5.69 Å². The van der Waals surface area contributed by atoms with E-state index in [-0.39, 0.29) is 11.1 Å². The third-order valence-corrected chi connectivity index (χ3v) is 4.02. The van der Waals surface area contributed by atoms with Crippen LogP contribution in [0.15, 0.2) is 24.3 Å². The van der Waals surface area contributed by atoms with Crippen LogP contribution in [0, 0.1) is 0 Å². The Morgan fingerprint density at radius 3 is 2.43 bits per heavy atom. The lowest BCUT2D eigenvalue weighted by Gasteiger charge is -2.30. The van der Waals surface area contributed by atoms with Crippen LogP contribution >= 0.6 is 0 Å². The van der Waals surface area contributed by atoms with Gasteiger partial charge >= 0.3 is 12.1 Å². The summed E-state index contributed by atoms with van der Waals surface area (Å²) in [5.41, 5.74) is -0.346. The fourth-order valence-electron chi connectivity index (χ4n) is 2.88. The number of hydrogen-bond donors (Lipinski definition) is 1. The third-order valence-electron chi connectivity index (χ3n) is 4.02. The molecule has 23 heavy (non-hydrogen) atoms. The lowest BCUT2D eigenvalue weighted by molar-refractivity contribution is -0.140. The Labute approximate surface area is 130 Å². The van der Waals surface area contributed by atoms with E-state index in [0.29, 0.717) is 24.2 Å². The standard InChI is InChI=1S/C16H15F3N2O2/c17-16(18,19)14-9-13(21-6-2-1-3-7-21)11-8-10(15(22)23)4-5-12(11)20-14/h4-5,8-9H,1-3,6-7H2,(H,22,23). The van der Waals surface area contributed by atoms with E-state index >= 15 is 0 Å². The van der Waals surface area contributed by atoms with Gasteiger partial charge < -0.3 is 10.0 Å². The fraction of sp³-hybridized carbons (Fsp3) is 0.375. The highest BCUT2D eigenvalue weighted by Crippen LogP contribution is 2.36. The third kappa shape index (κ3) is 3.09. The average Bonchev–Trinajstić information content (AvgIpc) is 2.53. The van der Waals surface area contributed by atoms with Crippen LogP contribution in [0.25, 0.3) is 10.9 Å². The first-order valence-corrected chi connectivity index (χ1v) is 7.36. The number of carboxylic acid groups (broad SMARTS) is 1. The van der Waals surface area contributed by atoms with E-state index in [4.69, 9.17) is 5.11 Å². The summed E-state index contributed by atoms with van der Waals surface area (Å²) in [7, 11) is 0. The molecule has 3 rings (SSSR count). The highest BCUT2D eigenvalue weighted by Gasteiger charge is 2.34. The number of carbonyl (C=O) groups is 1. The molecule has 1 N–H and O–H groups in total. The zero-order chi connectivity index (χ0) is 16.6. The molecule has 1 aliphatic rings.